The second-order valence-electron chi connectivity index (χ2n) is 7.51. The smallest absolute Gasteiger partial charge is 0.407 e. The lowest BCUT2D eigenvalue weighted by atomic mass is 9.72. The molecule has 1 aliphatic rings. The summed E-state index contributed by atoms with van der Waals surface area (Å²) in [5.41, 5.74) is -0.978. The predicted octanol–water partition coefficient (Wildman–Crippen LogP) is 2.73. The maximum atomic E-state index is 11.7. The second-order valence-corrected chi connectivity index (χ2v) is 7.51. The number of hydrogen-bond acceptors (Lipinski definition) is 5. The normalized spacial score (nSPS) is 17.0. The minimum Gasteiger partial charge on any atom is -0.481 e. The highest BCUT2D eigenvalue weighted by atomic mass is 16.6. The van der Waals surface area contributed by atoms with E-state index in [0.717, 1.165) is 32.1 Å². The van der Waals surface area contributed by atoms with Crippen molar-refractivity contribution in [1.82, 2.24) is 5.32 Å². The topological polar surface area (TPSA) is 102 Å². The van der Waals surface area contributed by atoms with Gasteiger partial charge in [-0.15, -0.1) is 0 Å². The molecule has 0 saturated heterocycles. The van der Waals surface area contributed by atoms with Crippen molar-refractivity contribution in [3.8, 4) is 0 Å². The molecule has 0 heterocycles. The van der Waals surface area contributed by atoms with E-state index in [4.69, 9.17) is 14.6 Å². The van der Waals surface area contributed by atoms with Gasteiger partial charge in [0.2, 0.25) is 0 Å². The zero-order valence-corrected chi connectivity index (χ0v) is 14.9. The van der Waals surface area contributed by atoms with Crippen molar-refractivity contribution in [2.24, 2.45) is 10.8 Å². The van der Waals surface area contributed by atoms with Gasteiger partial charge >= 0.3 is 18.0 Å². The number of carbonyl (C=O) groups is 3. The van der Waals surface area contributed by atoms with Crippen molar-refractivity contribution in [1.29, 1.82) is 0 Å². The fourth-order valence-corrected chi connectivity index (χ4v) is 2.83. The Morgan fingerprint density at radius 3 is 2.17 bits per heavy atom. The van der Waals surface area contributed by atoms with Crippen LogP contribution in [0.2, 0.25) is 0 Å². The standard InChI is InChI=1S/C17H29NO6/c1-16(2,3)14(21)23-9-10-24-15(22)18-12-17(11-13(19)20)7-5-4-6-8-17/h4-12H2,1-3H3,(H,18,22)(H,19,20). The Morgan fingerprint density at radius 1 is 1.04 bits per heavy atom. The molecule has 1 aliphatic carbocycles. The molecule has 138 valence electrons. The second kappa shape index (κ2) is 8.89. The molecule has 7 heteroatoms. The van der Waals surface area contributed by atoms with Crippen LogP contribution in [0.1, 0.15) is 59.3 Å². The summed E-state index contributed by atoms with van der Waals surface area (Å²) in [6, 6.07) is 0. The first-order valence-corrected chi connectivity index (χ1v) is 8.44. The van der Waals surface area contributed by atoms with Gasteiger partial charge in [0, 0.05) is 6.54 Å². The van der Waals surface area contributed by atoms with Gasteiger partial charge in [-0.3, -0.25) is 9.59 Å². The lowest BCUT2D eigenvalue weighted by Crippen LogP contribution is -2.41. The van der Waals surface area contributed by atoms with Crippen LogP contribution in [0.25, 0.3) is 0 Å². The Balaban J connectivity index is 2.31. The summed E-state index contributed by atoms with van der Waals surface area (Å²) in [7, 11) is 0. The molecule has 7 nitrogen and oxygen atoms in total. The Hall–Kier alpha value is -1.79. The maximum Gasteiger partial charge on any atom is 0.407 e. The largest absolute Gasteiger partial charge is 0.481 e. The first-order valence-electron chi connectivity index (χ1n) is 8.44. The number of nitrogens with one attached hydrogen (secondary N) is 1. The van der Waals surface area contributed by atoms with Gasteiger partial charge in [-0.2, -0.15) is 0 Å². The number of esters is 1. The Labute approximate surface area is 143 Å². The van der Waals surface area contributed by atoms with Gasteiger partial charge in [0.15, 0.2) is 0 Å². The van der Waals surface area contributed by atoms with Crippen molar-refractivity contribution in [2.75, 3.05) is 19.8 Å². The summed E-state index contributed by atoms with van der Waals surface area (Å²) < 4.78 is 9.97. The molecule has 1 saturated carbocycles. The Morgan fingerprint density at radius 2 is 1.62 bits per heavy atom. The maximum absolute atomic E-state index is 11.7. The molecule has 0 aliphatic heterocycles. The van der Waals surface area contributed by atoms with Gasteiger partial charge < -0.3 is 19.9 Å². The molecule has 2 N–H and O–H groups in total. The van der Waals surface area contributed by atoms with Crippen LogP contribution in [-0.4, -0.2) is 42.9 Å². The molecule has 0 atom stereocenters. The molecular formula is C17H29NO6. The number of rotatable bonds is 7. The number of amides is 1. The number of ether oxygens (including phenoxy) is 2. The van der Waals surface area contributed by atoms with Crippen LogP contribution in [-0.2, 0) is 19.1 Å². The predicted molar refractivity (Wildman–Crippen MR) is 87.5 cm³/mol. The molecule has 0 spiro atoms. The highest BCUT2D eigenvalue weighted by Crippen LogP contribution is 2.38. The quantitative estimate of drug-likeness (QED) is 0.544. The molecule has 0 aromatic rings. The van der Waals surface area contributed by atoms with Gasteiger partial charge in [0.25, 0.3) is 0 Å². The summed E-state index contributed by atoms with van der Waals surface area (Å²) in [4.78, 5) is 34.4. The third-order valence-electron chi connectivity index (χ3n) is 4.21. The molecule has 0 radical (unpaired) electrons. The van der Waals surface area contributed by atoms with E-state index in [2.05, 4.69) is 5.32 Å². The van der Waals surface area contributed by atoms with Crippen LogP contribution in [0, 0.1) is 10.8 Å². The van der Waals surface area contributed by atoms with E-state index < -0.39 is 17.5 Å². The molecule has 0 unspecified atom stereocenters. The van der Waals surface area contributed by atoms with Gasteiger partial charge in [0.05, 0.1) is 11.8 Å². The number of carboxylic acids is 1. The van der Waals surface area contributed by atoms with Gasteiger partial charge in [0.1, 0.15) is 13.2 Å². The fourth-order valence-electron chi connectivity index (χ4n) is 2.83. The summed E-state index contributed by atoms with van der Waals surface area (Å²) in [6.07, 6.45) is 4.09. The molecule has 24 heavy (non-hydrogen) atoms. The van der Waals surface area contributed by atoms with Crippen molar-refractivity contribution < 1.29 is 29.0 Å². The van der Waals surface area contributed by atoms with Crippen LogP contribution in [0.4, 0.5) is 4.79 Å². The highest BCUT2D eigenvalue weighted by molar-refractivity contribution is 5.75. The zero-order chi connectivity index (χ0) is 18.2. The Kier molecular flexibility index (Phi) is 7.51. The van der Waals surface area contributed by atoms with Crippen LogP contribution < -0.4 is 5.32 Å². The van der Waals surface area contributed by atoms with Crippen molar-refractivity contribution >= 4 is 18.0 Å². The summed E-state index contributed by atoms with van der Waals surface area (Å²) in [5.74, 6) is -1.20. The third-order valence-corrected chi connectivity index (χ3v) is 4.21. The first-order chi connectivity index (χ1) is 11.1. The van der Waals surface area contributed by atoms with E-state index in [1.807, 2.05) is 0 Å². The molecule has 1 amide bonds. The van der Waals surface area contributed by atoms with Crippen LogP contribution >= 0.6 is 0 Å². The van der Waals surface area contributed by atoms with E-state index in [0.29, 0.717) is 6.54 Å². The highest BCUT2D eigenvalue weighted by Gasteiger charge is 2.34. The zero-order valence-electron chi connectivity index (χ0n) is 14.9. The number of carbonyl (C=O) groups excluding carboxylic acids is 2. The van der Waals surface area contributed by atoms with Gasteiger partial charge in [-0.25, -0.2) is 4.79 Å². The molecule has 0 bridgehead atoms. The fraction of sp³-hybridized carbons (Fsp3) is 0.824. The van der Waals surface area contributed by atoms with E-state index in [9.17, 15) is 14.4 Å². The van der Waals surface area contributed by atoms with E-state index >= 15 is 0 Å². The minimum atomic E-state index is -0.846. The Bertz CT molecular complexity index is 448. The molecule has 0 aromatic carbocycles. The lowest BCUT2D eigenvalue weighted by molar-refractivity contribution is -0.153. The van der Waals surface area contributed by atoms with E-state index in [1.54, 1.807) is 20.8 Å². The van der Waals surface area contributed by atoms with Gasteiger partial charge in [-0.05, 0) is 39.0 Å². The van der Waals surface area contributed by atoms with Crippen LogP contribution in [0.3, 0.4) is 0 Å². The van der Waals surface area contributed by atoms with Crippen LogP contribution in [0.15, 0.2) is 0 Å². The molecule has 1 fully saturated rings. The number of alkyl carbamates (subject to hydrolysis) is 1. The average Bonchev–Trinajstić information content (AvgIpc) is 2.48. The number of hydrogen-bond donors (Lipinski definition) is 2. The minimum absolute atomic E-state index is 0.00376. The monoisotopic (exact) mass is 343 g/mol. The average molecular weight is 343 g/mol. The van der Waals surface area contributed by atoms with Crippen molar-refractivity contribution in [2.45, 2.75) is 59.3 Å². The molecular weight excluding hydrogens is 314 g/mol. The SMILES string of the molecule is CC(C)(C)C(=O)OCCOC(=O)NCC1(CC(=O)O)CCCCC1. The lowest BCUT2D eigenvalue weighted by Gasteiger charge is -2.36. The summed E-state index contributed by atoms with van der Waals surface area (Å²) in [6.45, 7) is 5.50. The van der Waals surface area contributed by atoms with Crippen molar-refractivity contribution in [3.63, 3.8) is 0 Å². The van der Waals surface area contributed by atoms with Crippen molar-refractivity contribution in [3.05, 3.63) is 0 Å². The van der Waals surface area contributed by atoms with E-state index in [-0.39, 0.29) is 31.0 Å². The van der Waals surface area contributed by atoms with Crippen LogP contribution in [0.5, 0.6) is 0 Å². The number of carboxylic acid groups (broad SMARTS) is 1. The van der Waals surface area contributed by atoms with E-state index in [1.165, 1.54) is 0 Å². The number of aliphatic carboxylic acids is 1. The summed E-state index contributed by atoms with van der Waals surface area (Å²) in [5, 5.41) is 11.7. The molecule has 1 rings (SSSR count). The van der Waals surface area contributed by atoms with Gasteiger partial charge in [-0.1, -0.05) is 19.3 Å². The summed E-state index contributed by atoms with van der Waals surface area (Å²) >= 11 is 0. The third kappa shape index (κ3) is 7.19. The first kappa shape index (κ1) is 20.3. The molecule has 0 aromatic heterocycles.